The van der Waals surface area contributed by atoms with Crippen molar-refractivity contribution in [2.45, 2.75) is 44.9 Å². The molecule has 4 rings (SSSR count). The van der Waals surface area contributed by atoms with Gasteiger partial charge in [-0.15, -0.1) is 0 Å². The first-order chi connectivity index (χ1) is 14.1. The minimum absolute atomic E-state index is 0.103. The maximum absolute atomic E-state index is 6.31. The van der Waals surface area contributed by atoms with Gasteiger partial charge in [0.25, 0.3) is 0 Å². The molecular formula is C22H31N5O2. The van der Waals surface area contributed by atoms with Crippen LogP contribution in [0, 0.1) is 0 Å². The van der Waals surface area contributed by atoms with E-state index in [1.54, 1.807) is 7.11 Å². The van der Waals surface area contributed by atoms with Gasteiger partial charge < -0.3 is 9.47 Å². The SMILES string of the molecule is COc1cccnc1CN1CCC2(CN(Cc3ccnc(C(C)C)n3)CCO2)C1. The number of pyridine rings is 1. The summed E-state index contributed by atoms with van der Waals surface area (Å²) in [7, 11) is 1.70. The zero-order valence-electron chi connectivity index (χ0n) is 17.7. The van der Waals surface area contributed by atoms with Crippen LogP contribution in [0.2, 0.25) is 0 Å². The molecule has 29 heavy (non-hydrogen) atoms. The number of methoxy groups -OCH3 is 1. The molecule has 2 aliphatic rings. The molecule has 7 nitrogen and oxygen atoms in total. The lowest BCUT2D eigenvalue weighted by atomic mass is 10.0. The van der Waals surface area contributed by atoms with Gasteiger partial charge >= 0.3 is 0 Å². The molecule has 2 aromatic rings. The van der Waals surface area contributed by atoms with E-state index >= 15 is 0 Å². The van der Waals surface area contributed by atoms with Crippen molar-refractivity contribution >= 4 is 0 Å². The lowest BCUT2D eigenvalue weighted by Crippen LogP contribution is -2.52. The van der Waals surface area contributed by atoms with Crippen LogP contribution in [0.1, 0.15) is 43.4 Å². The van der Waals surface area contributed by atoms with Crippen molar-refractivity contribution in [3.63, 3.8) is 0 Å². The number of morpholine rings is 1. The van der Waals surface area contributed by atoms with E-state index < -0.39 is 0 Å². The molecule has 0 aliphatic carbocycles. The van der Waals surface area contributed by atoms with E-state index in [1.165, 1.54) is 0 Å². The molecule has 0 amide bonds. The molecule has 2 saturated heterocycles. The fourth-order valence-electron chi connectivity index (χ4n) is 4.32. The molecule has 7 heteroatoms. The van der Waals surface area contributed by atoms with Gasteiger partial charge in [-0.1, -0.05) is 13.8 Å². The van der Waals surface area contributed by atoms with Gasteiger partial charge in [-0.05, 0) is 24.6 Å². The monoisotopic (exact) mass is 397 g/mol. The van der Waals surface area contributed by atoms with Crippen LogP contribution in [-0.4, -0.2) is 70.2 Å². The Bertz CT molecular complexity index is 830. The minimum Gasteiger partial charge on any atom is -0.495 e. The fraction of sp³-hybridized carbons (Fsp3) is 0.591. The Labute approximate surface area is 173 Å². The maximum Gasteiger partial charge on any atom is 0.141 e. The summed E-state index contributed by atoms with van der Waals surface area (Å²) in [6, 6.07) is 5.91. The van der Waals surface area contributed by atoms with Crippen LogP contribution in [0.4, 0.5) is 0 Å². The lowest BCUT2D eigenvalue weighted by molar-refractivity contribution is -0.104. The van der Waals surface area contributed by atoms with Crippen molar-refractivity contribution in [1.82, 2.24) is 24.8 Å². The van der Waals surface area contributed by atoms with Crippen LogP contribution in [0.15, 0.2) is 30.6 Å². The normalized spacial score (nSPS) is 23.2. The van der Waals surface area contributed by atoms with Gasteiger partial charge in [0.2, 0.25) is 0 Å². The summed E-state index contributed by atoms with van der Waals surface area (Å²) >= 11 is 0. The number of hydrogen-bond acceptors (Lipinski definition) is 7. The van der Waals surface area contributed by atoms with Crippen LogP contribution >= 0.6 is 0 Å². The highest BCUT2D eigenvalue weighted by molar-refractivity contribution is 5.26. The fourth-order valence-corrected chi connectivity index (χ4v) is 4.32. The second-order valence-electron chi connectivity index (χ2n) is 8.42. The summed E-state index contributed by atoms with van der Waals surface area (Å²) in [6.07, 6.45) is 4.75. The molecule has 0 radical (unpaired) electrons. The van der Waals surface area contributed by atoms with E-state index in [-0.39, 0.29) is 5.60 Å². The van der Waals surface area contributed by atoms with Crippen molar-refractivity contribution in [2.24, 2.45) is 0 Å². The predicted octanol–water partition coefficient (Wildman–Crippen LogP) is 2.48. The molecule has 1 unspecified atom stereocenters. The standard InChI is InChI=1S/C22H31N5O2/c1-17(2)21-24-9-6-18(25-21)13-27-11-12-29-22(16-27)7-10-26(15-22)14-19-20(28-3)5-4-8-23-19/h4-6,8-9,17H,7,10-16H2,1-3H3. The van der Waals surface area contributed by atoms with Gasteiger partial charge in [0.15, 0.2) is 0 Å². The average molecular weight is 398 g/mol. The third kappa shape index (κ3) is 4.74. The number of rotatable bonds is 6. The van der Waals surface area contributed by atoms with E-state index in [9.17, 15) is 0 Å². The molecule has 4 heterocycles. The molecule has 156 valence electrons. The van der Waals surface area contributed by atoms with E-state index in [0.29, 0.717) is 5.92 Å². The third-order valence-electron chi connectivity index (χ3n) is 5.80. The molecule has 1 atom stereocenters. The topological polar surface area (TPSA) is 63.6 Å². The van der Waals surface area contributed by atoms with Crippen LogP contribution in [0.3, 0.4) is 0 Å². The van der Waals surface area contributed by atoms with Crippen molar-refractivity contribution in [3.8, 4) is 5.75 Å². The molecule has 2 aromatic heterocycles. The van der Waals surface area contributed by atoms with E-state index in [2.05, 4.69) is 33.6 Å². The highest BCUT2D eigenvalue weighted by atomic mass is 16.5. The van der Waals surface area contributed by atoms with Crippen LogP contribution < -0.4 is 4.74 Å². The molecule has 0 N–H and O–H groups in total. The van der Waals surface area contributed by atoms with E-state index in [1.807, 2.05) is 30.6 Å². The second kappa shape index (κ2) is 8.73. The Morgan fingerprint density at radius 2 is 1.93 bits per heavy atom. The van der Waals surface area contributed by atoms with Crippen LogP contribution in [-0.2, 0) is 17.8 Å². The lowest BCUT2D eigenvalue weighted by Gasteiger charge is -2.40. The largest absolute Gasteiger partial charge is 0.495 e. The third-order valence-corrected chi connectivity index (χ3v) is 5.80. The first kappa shape index (κ1) is 20.2. The Morgan fingerprint density at radius 1 is 1.10 bits per heavy atom. The number of hydrogen-bond donors (Lipinski definition) is 0. The molecule has 2 aliphatic heterocycles. The smallest absolute Gasteiger partial charge is 0.141 e. The van der Waals surface area contributed by atoms with E-state index in [4.69, 9.17) is 14.5 Å². The van der Waals surface area contributed by atoms with Gasteiger partial charge in [-0.2, -0.15) is 0 Å². The summed E-state index contributed by atoms with van der Waals surface area (Å²) in [5.41, 5.74) is 1.98. The Hall–Kier alpha value is -2.09. The number of ether oxygens (including phenoxy) is 2. The highest BCUT2D eigenvalue weighted by Gasteiger charge is 2.42. The number of nitrogens with zero attached hydrogens (tertiary/aromatic N) is 5. The summed E-state index contributed by atoms with van der Waals surface area (Å²) in [6.45, 7) is 10.5. The van der Waals surface area contributed by atoms with Gasteiger partial charge in [-0.25, -0.2) is 9.97 Å². The average Bonchev–Trinajstić information content (AvgIpc) is 3.10. The van der Waals surface area contributed by atoms with Crippen LogP contribution in [0.5, 0.6) is 5.75 Å². The summed E-state index contributed by atoms with van der Waals surface area (Å²) in [5.74, 6) is 2.11. The van der Waals surface area contributed by atoms with Crippen LogP contribution in [0.25, 0.3) is 0 Å². The first-order valence-corrected chi connectivity index (χ1v) is 10.5. The maximum atomic E-state index is 6.31. The zero-order chi connectivity index (χ0) is 20.3. The second-order valence-corrected chi connectivity index (χ2v) is 8.42. The van der Waals surface area contributed by atoms with Crippen molar-refractivity contribution in [2.75, 3.05) is 39.9 Å². The van der Waals surface area contributed by atoms with Crippen molar-refractivity contribution < 1.29 is 9.47 Å². The summed E-state index contributed by atoms with van der Waals surface area (Å²) in [5, 5.41) is 0. The zero-order valence-corrected chi connectivity index (χ0v) is 17.7. The van der Waals surface area contributed by atoms with Gasteiger partial charge in [-0.3, -0.25) is 14.8 Å². The van der Waals surface area contributed by atoms with Crippen molar-refractivity contribution in [1.29, 1.82) is 0 Å². The minimum atomic E-state index is -0.103. The highest BCUT2D eigenvalue weighted by Crippen LogP contribution is 2.31. The molecule has 1 spiro atoms. The quantitative estimate of drug-likeness (QED) is 0.742. The van der Waals surface area contributed by atoms with Gasteiger partial charge in [0.05, 0.1) is 30.7 Å². The molecule has 2 fully saturated rings. The van der Waals surface area contributed by atoms with E-state index in [0.717, 1.165) is 75.3 Å². The Kier molecular flexibility index (Phi) is 6.08. The Morgan fingerprint density at radius 3 is 2.72 bits per heavy atom. The van der Waals surface area contributed by atoms with Crippen molar-refractivity contribution in [3.05, 3.63) is 47.8 Å². The molecule has 0 aromatic carbocycles. The predicted molar refractivity (Wildman–Crippen MR) is 111 cm³/mol. The first-order valence-electron chi connectivity index (χ1n) is 10.5. The number of aromatic nitrogens is 3. The van der Waals surface area contributed by atoms with Gasteiger partial charge in [0, 0.05) is 57.6 Å². The Balaban J connectivity index is 1.38. The molecular weight excluding hydrogens is 366 g/mol. The summed E-state index contributed by atoms with van der Waals surface area (Å²) < 4.78 is 11.8. The summed E-state index contributed by atoms with van der Waals surface area (Å²) in [4.78, 5) is 18.5. The number of likely N-dealkylation sites (tertiary alicyclic amines) is 1. The molecule has 0 saturated carbocycles. The van der Waals surface area contributed by atoms with Gasteiger partial charge in [0.1, 0.15) is 11.6 Å². The molecule has 0 bridgehead atoms.